The maximum atomic E-state index is 11.9. The molecule has 4 N–H and O–H groups in total. The minimum absolute atomic E-state index is 0.0124. The van der Waals surface area contributed by atoms with E-state index in [2.05, 4.69) is 17.2 Å². The van der Waals surface area contributed by atoms with E-state index >= 15 is 0 Å². The van der Waals surface area contributed by atoms with Crippen LogP contribution < -0.4 is 11.1 Å². The first kappa shape index (κ1) is 16.2. The zero-order valence-corrected chi connectivity index (χ0v) is 12.0. The first-order chi connectivity index (χ1) is 9.65. The summed E-state index contributed by atoms with van der Waals surface area (Å²) in [5.41, 5.74) is 5.71. The van der Waals surface area contributed by atoms with Crippen LogP contribution in [0.25, 0.3) is 0 Å². The number of amides is 2. The van der Waals surface area contributed by atoms with Gasteiger partial charge in [0, 0.05) is 24.9 Å². The second kappa shape index (κ2) is 9.13. The third kappa shape index (κ3) is 5.87. The lowest BCUT2D eigenvalue weighted by Crippen LogP contribution is -2.24. The van der Waals surface area contributed by atoms with Crippen molar-refractivity contribution in [2.75, 3.05) is 13.2 Å². The molecule has 0 bridgehead atoms. The number of thiophene rings is 1. The van der Waals surface area contributed by atoms with Gasteiger partial charge < -0.3 is 16.2 Å². The first-order valence-electron chi connectivity index (χ1n) is 6.39. The number of hydrogen-bond acceptors (Lipinski definition) is 4. The summed E-state index contributed by atoms with van der Waals surface area (Å²) in [6, 6.07) is 1.79. The molecule has 0 saturated carbocycles. The summed E-state index contributed by atoms with van der Waals surface area (Å²) >= 11 is 1.33. The van der Waals surface area contributed by atoms with Crippen molar-refractivity contribution in [2.24, 2.45) is 5.73 Å². The zero-order chi connectivity index (χ0) is 14.8. The van der Waals surface area contributed by atoms with Gasteiger partial charge >= 0.3 is 0 Å². The number of hydrogen-bond donors (Lipinski definition) is 3. The van der Waals surface area contributed by atoms with Crippen molar-refractivity contribution < 1.29 is 14.7 Å². The monoisotopic (exact) mass is 294 g/mol. The Morgan fingerprint density at radius 2 is 2.20 bits per heavy atom. The molecule has 108 valence electrons. The van der Waals surface area contributed by atoms with Gasteiger partial charge in [-0.2, -0.15) is 0 Å². The van der Waals surface area contributed by atoms with Crippen LogP contribution >= 0.6 is 11.3 Å². The second-order valence-corrected chi connectivity index (χ2v) is 5.03. The fraction of sp³-hybridized carbons (Fsp3) is 0.429. The van der Waals surface area contributed by atoms with E-state index in [1.54, 1.807) is 6.07 Å². The van der Waals surface area contributed by atoms with Crippen molar-refractivity contribution in [1.29, 1.82) is 0 Å². The average molecular weight is 294 g/mol. The summed E-state index contributed by atoms with van der Waals surface area (Å²) in [6.07, 6.45) is 2.12. The van der Waals surface area contributed by atoms with E-state index in [9.17, 15) is 9.59 Å². The van der Waals surface area contributed by atoms with Gasteiger partial charge in [-0.1, -0.05) is 11.8 Å². The van der Waals surface area contributed by atoms with Gasteiger partial charge in [-0.15, -0.1) is 11.3 Å². The Bertz CT molecular complexity index is 514. The lowest BCUT2D eigenvalue weighted by molar-refractivity contribution is -0.118. The molecule has 0 saturated heterocycles. The molecule has 5 nitrogen and oxygen atoms in total. The van der Waals surface area contributed by atoms with Crippen LogP contribution in [0.15, 0.2) is 11.4 Å². The smallest absolute Gasteiger partial charge is 0.262 e. The lowest BCUT2D eigenvalue weighted by atomic mass is 10.2. The van der Waals surface area contributed by atoms with Crippen molar-refractivity contribution in [3.8, 4) is 11.8 Å². The van der Waals surface area contributed by atoms with Gasteiger partial charge in [-0.3, -0.25) is 9.59 Å². The molecule has 1 rings (SSSR count). The molecule has 0 atom stereocenters. The maximum Gasteiger partial charge on any atom is 0.262 e. The summed E-state index contributed by atoms with van der Waals surface area (Å²) in [4.78, 5) is 23.1. The molecule has 6 heteroatoms. The fourth-order valence-electron chi connectivity index (χ4n) is 1.50. The van der Waals surface area contributed by atoms with Gasteiger partial charge in [0.15, 0.2) is 0 Å². The molecule has 1 heterocycles. The molecule has 0 spiro atoms. The first-order valence-corrected chi connectivity index (χ1v) is 7.27. The number of carbonyl (C=O) groups excluding carboxylic acids is 2. The quantitative estimate of drug-likeness (QED) is 0.514. The van der Waals surface area contributed by atoms with E-state index in [1.165, 1.54) is 11.3 Å². The van der Waals surface area contributed by atoms with Crippen LogP contribution in [-0.4, -0.2) is 30.1 Å². The molecule has 0 fully saturated rings. The predicted molar refractivity (Wildman–Crippen MR) is 78.3 cm³/mol. The number of nitrogens with two attached hydrogens (primary N) is 1. The van der Waals surface area contributed by atoms with E-state index in [0.29, 0.717) is 42.7 Å². The fourth-order valence-corrected chi connectivity index (χ4v) is 2.27. The summed E-state index contributed by atoms with van der Waals surface area (Å²) in [7, 11) is 0. The number of carbonyl (C=O) groups is 2. The second-order valence-electron chi connectivity index (χ2n) is 4.12. The highest BCUT2D eigenvalue weighted by Gasteiger charge is 2.11. The van der Waals surface area contributed by atoms with Crippen molar-refractivity contribution in [2.45, 2.75) is 25.7 Å². The van der Waals surface area contributed by atoms with Gasteiger partial charge in [-0.05, 0) is 24.3 Å². The molecule has 0 aliphatic rings. The lowest BCUT2D eigenvalue weighted by Gasteiger charge is -2.03. The molecule has 0 unspecified atom stereocenters. The highest BCUT2D eigenvalue weighted by atomic mass is 32.1. The molecule has 0 aromatic carbocycles. The van der Waals surface area contributed by atoms with Crippen LogP contribution in [0.1, 0.15) is 40.9 Å². The molecule has 1 aromatic rings. The third-order valence-electron chi connectivity index (χ3n) is 2.47. The van der Waals surface area contributed by atoms with E-state index in [-0.39, 0.29) is 18.4 Å². The minimum atomic E-state index is -0.323. The van der Waals surface area contributed by atoms with E-state index in [1.807, 2.05) is 5.38 Å². The van der Waals surface area contributed by atoms with Crippen LogP contribution in [0.3, 0.4) is 0 Å². The van der Waals surface area contributed by atoms with Crippen LogP contribution in [0.5, 0.6) is 0 Å². The zero-order valence-electron chi connectivity index (χ0n) is 11.1. The molecular weight excluding hydrogens is 276 g/mol. The van der Waals surface area contributed by atoms with Crippen LogP contribution in [0.4, 0.5) is 0 Å². The molecule has 20 heavy (non-hydrogen) atoms. The Morgan fingerprint density at radius 3 is 2.90 bits per heavy atom. The Labute approximate surface area is 122 Å². The Hall–Kier alpha value is -1.84. The molecule has 0 aliphatic heterocycles. The summed E-state index contributed by atoms with van der Waals surface area (Å²) in [5, 5.41) is 13.3. The molecular formula is C14H18N2O3S. The van der Waals surface area contributed by atoms with Crippen molar-refractivity contribution >= 4 is 23.2 Å². The molecule has 1 aromatic heterocycles. The number of primary amides is 1. The summed E-state index contributed by atoms with van der Waals surface area (Å²) < 4.78 is 0. The summed E-state index contributed by atoms with van der Waals surface area (Å²) in [6.45, 7) is 0.520. The third-order valence-corrected chi connectivity index (χ3v) is 3.38. The van der Waals surface area contributed by atoms with Crippen LogP contribution in [0.2, 0.25) is 0 Å². The number of unbranched alkanes of at least 4 members (excludes halogenated alkanes) is 1. The van der Waals surface area contributed by atoms with Crippen LogP contribution in [-0.2, 0) is 4.79 Å². The highest BCUT2D eigenvalue weighted by molar-refractivity contribution is 7.12. The minimum Gasteiger partial charge on any atom is -0.395 e. The predicted octanol–water partition coefficient (Wildman–Crippen LogP) is 0.867. The number of rotatable bonds is 7. The maximum absolute atomic E-state index is 11.9. The normalized spacial score (nSPS) is 9.65. The average Bonchev–Trinajstić information content (AvgIpc) is 2.86. The SMILES string of the molecule is NC(=O)CCCCNC(=O)c1sccc1C#CCCO. The summed E-state index contributed by atoms with van der Waals surface area (Å²) in [5.74, 6) is 5.18. The molecule has 0 radical (unpaired) electrons. The van der Waals surface area contributed by atoms with Crippen molar-refractivity contribution in [1.82, 2.24) is 5.32 Å². The van der Waals surface area contributed by atoms with E-state index < -0.39 is 0 Å². The topological polar surface area (TPSA) is 92.4 Å². The van der Waals surface area contributed by atoms with Crippen molar-refractivity contribution in [3.05, 3.63) is 21.9 Å². The Morgan fingerprint density at radius 1 is 1.40 bits per heavy atom. The standard InChI is InChI=1S/C14H18N2O3S/c15-12(18)6-1-3-8-16-14(19)13-11(7-10-20-13)5-2-4-9-17/h7,10,17H,1,3-4,6,8-9H2,(H2,15,18)(H,16,19). The Kier molecular flexibility index (Phi) is 7.40. The molecule has 2 amide bonds. The number of nitrogens with one attached hydrogen (secondary N) is 1. The van der Waals surface area contributed by atoms with Gasteiger partial charge in [0.05, 0.1) is 6.61 Å². The van der Waals surface area contributed by atoms with Crippen molar-refractivity contribution in [3.63, 3.8) is 0 Å². The Balaban J connectivity index is 2.42. The van der Waals surface area contributed by atoms with Gasteiger partial charge in [0.25, 0.3) is 5.91 Å². The molecule has 0 aliphatic carbocycles. The number of aliphatic hydroxyl groups is 1. The van der Waals surface area contributed by atoms with Gasteiger partial charge in [0.2, 0.25) is 5.91 Å². The van der Waals surface area contributed by atoms with E-state index in [0.717, 1.165) is 0 Å². The highest BCUT2D eigenvalue weighted by Crippen LogP contribution is 2.15. The number of aliphatic hydroxyl groups excluding tert-OH is 1. The van der Waals surface area contributed by atoms with E-state index in [4.69, 9.17) is 10.8 Å². The largest absolute Gasteiger partial charge is 0.395 e. The van der Waals surface area contributed by atoms with Crippen LogP contribution in [0, 0.1) is 11.8 Å². The van der Waals surface area contributed by atoms with Gasteiger partial charge in [0.1, 0.15) is 4.88 Å². The van der Waals surface area contributed by atoms with Gasteiger partial charge in [-0.25, -0.2) is 0 Å².